The second kappa shape index (κ2) is 7.82. The van der Waals surface area contributed by atoms with Crippen LogP contribution in [0.1, 0.15) is 2.85 Å². The molecule has 0 bridgehead atoms. The monoisotopic (exact) mass is 162 g/mol. The Morgan fingerprint density at radius 3 is 1.12 bits per heavy atom. The summed E-state index contributed by atoms with van der Waals surface area (Å²) < 4.78 is 32.7. The Morgan fingerprint density at radius 1 is 1.12 bits per heavy atom. The summed E-state index contributed by atoms with van der Waals surface area (Å²) in [5.74, 6) is 0. The fourth-order valence-corrected chi connectivity index (χ4v) is 0. The van der Waals surface area contributed by atoms with Crippen molar-refractivity contribution in [3.8, 4) is 0 Å². The van der Waals surface area contributed by atoms with Gasteiger partial charge < -0.3 is 13.8 Å². The zero-order valence-electron chi connectivity index (χ0n) is 5.76. The standard InChI is InChI=1S/ClHO4.Mg.2H2O.2H/c2-1(3,4)5;;;;;/h(H,2,3,4,5);;2*1H2;;/q;+2;;;2*-1. The van der Waals surface area contributed by atoms with Crippen LogP contribution in [0.15, 0.2) is 0 Å². The van der Waals surface area contributed by atoms with Gasteiger partial charge in [-0.2, -0.15) is 14.0 Å². The van der Waals surface area contributed by atoms with E-state index in [1.165, 1.54) is 0 Å². The molecule has 5 N–H and O–H groups in total. The number of hydrogen-bond acceptors (Lipinski definition) is 4. The minimum atomic E-state index is -4.69. The molecule has 52 valence electrons. The summed E-state index contributed by atoms with van der Waals surface area (Å²) in [6, 6.07) is 0. The molecule has 0 amide bonds. The van der Waals surface area contributed by atoms with Crippen molar-refractivity contribution in [1.29, 1.82) is 0 Å². The fourth-order valence-electron chi connectivity index (χ4n) is 0. The largest absolute Gasteiger partial charge is 2.00 e. The van der Waals surface area contributed by atoms with Gasteiger partial charge in [0, 0.05) is 0 Å². The summed E-state index contributed by atoms with van der Waals surface area (Å²) in [6.45, 7) is 0. The van der Waals surface area contributed by atoms with Gasteiger partial charge in [0.15, 0.2) is 0 Å². The van der Waals surface area contributed by atoms with E-state index in [1.54, 1.807) is 0 Å². The third-order valence-corrected chi connectivity index (χ3v) is 0. The van der Waals surface area contributed by atoms with Gasteiger partial charge in [-0.25, -0.2) is 0 Å². The fraction of sp³-hybridized carbons (Fsp3) is 0. The Hall–Kier alpha value is 0.816. The van der Waals surface area contributed by atoms with Crippen molar-refractivity contribution in [1.82, 2.24) is 0 Å². The summed E-state index contributed by atoms with van der Waals surface area (Å²) in [5, 5.41) is 0. The van der Waals surface area contributed by atoms with Gasteiger partial charge in [0.1, 0.15) is 0 Å². The molecule has 0 unspecified atom stereocenters. The predicted molar refractivity (Wildman–Crippen MR) is 17.4 cm³/mol. The molecule has 0 saturated carbocycles. The first-order valence-electron chi connectivity index (χ1n) is 0.632. The molecule has 0 fully saturated rings. The molecule has 0 aromatic rings. The first-order chi connectivity index (χ1) is 2.00. The second-order valence-corrected chi connectivity index (χ2v) is 1.19. The number of hydrogen-bond donors (Lipinski definition) is 1. The maximum absolute atomic E-state index is 8.60. The third kappa shape index (κ3) is 346. The van der Waals surface area contributed by atoms with E-state index in [9.17, 15) is 0 Å². The van der Waals surface area contributed by atoms with E-state index in [-0.39, 0.29) is 36.9 Å². The second-order valence-electron chi connectivity index (χ2n) is 0.396. The zero-order valence-corrected chi connectivity index (χ0v) is 5.93. The summed E-state index contributed by atoms with van der Waals surface area (Å²) >= 11 is 0. The molecule has 8 heavy (non-hydrogen) atoms. The summed E-state index contributed by atoms with van der Waals surface area (Å²) in [7, 11) is -4.69. The third-order valence-electron chi connectivity index (χ3n) is 0. The van der Waals surface area contributed by atoms with E-state index in [1.807, 2.05) is 0 Å². The molecule has 0 aliphatic carbocycles. The van der Waals surface area contributed by atoms with Crippen molar-refractivity contribution in [3.05, 3.63) is 0 Å². The molecular weight excluding hydrogens is 156 g/mol. The van der Waals surface area contributed by atoms with E-state index in [4.69, 9.17) is 18.6 Å². The molecule has 6 nitrogen and oxygen atoms in total. The molecule has 0 aliphatic rings. The van der Waals surface area contributed by atoms with Crippen LogP contribution in [0, 0.1) is 10.2 Å². The van der Waals surface area contributed by atoms with Gasteiger partial charge in [-0.15, -0.1) is 0 Å². The van der Waals surface area contributed by atoms with E-state index in [2.05, 4.69) is 0 Å². The average Bonchev–Trinajstić information content (AvgIpc) is 0.722. The van der Waals surface area contributed by atoms with Crippen molar-refractivity contribution >= 4 is 23.1 Å². The van der Waals surface area contributed by atoms with Crippen molar-refractivity contribution in [2.45, 2.75) is 0 Å². The van der Waals surface area contributed by atoms with Gasteiger partial charge in [0.25, 0.3) is 0 Å². The molecule has 0 saturated heterocycles. The van der Waals surface area contributed by atoms with E-state index >= 15 is 0 Å². The van der Waals surface area contributed by atoms with Crippen LogP contribution in [0.4, 0.5) is 0 Å². The summed E-state index contributed by atoms with van der Waals surface area (Å²) in [4.78, 5) is 0. The van der Waals surface area contributed by atoms with Gasteiger partial charge in [-0.3, -0.25) is 0 Å². The first-order valence-corrected chi connectivity index (χ1v) is 1.90. The summed E-state index contributed by atoms with van der Waals surface area (Å²) in [6.07, 6.45) is 0. The predicted octanol–water partition coefficient (Wildman–Crippen LogP) is -5.93. The normalized spacial score (nSPS) is 7.50. The quantitative estimate of drug-likeness (QED) is 0.353. The van der Waals surface area contributed by atoms with Crippen molar-refractivity contribution in [2.24, 2.45) is 0 Å². The van der Waals surface area contributed by atoms with Gasteiger partial charge >= 0.3 is 23.1 Å². The van der Waals surface area contributed by atoms with Crippen LogP contribution in [0.25, 0.3) is 0 Å². The van der Waals surface area contributed by atoms with Crippen LogP contribution in [0.5, 0.6) is 0 Å². The van der Waals surface area contributed by atoms with Gasteiger partial charge in [0.2, 0.25) is 0 Å². The van der Waals surface area contributed by atoms with Crippen LogP contribution >= 0.6 is 0 Å². The van der Waals surface area contributed by atoms with Gasteiger partial charge in [-0.1, -0.05) is 0 Å². The SMILES string of the molecule is O.O.[H-].[H-].[Mg+2].[O-][Cl+3]([O-])([O-])O. The Balaban J connectivity index is -0.00000000800. The van der Waals surface area contributed by atoms with Gasteiger partial charge in [-0.05, 0) is 0 Å². The minimum Gasteiger partial charge on any atom is -1.00 e. The molecule has 0 atom stereocenters. The van der Waals surface area contributed by atoms with Crippen molar-refractivity contribution < 1.29 is 42.7 Å². The van der Waals surface area contributed by atoms with Crippen LogP contribution in [-0.2, 0) is 0 Å². The Morgan fingerprint density at radius 2 is 1.12 bits per heavy atom. The number of halogens is 1. The van der Waals surface area contributed by atoms with Crippen LogP contribution < -0.4 is 14.0 Å². The van der Waals surface area contributed by atoms with E-state index < -0.39 is 10.2 Å². The molecule has 0 aromatic carbocycles. The first kappa shape index (κ1) is 23.2. The maximum Gasteiger partial charge on any atom is 2.00 e. The molecule has 0 spiro atoms. The van der Waals surface area contributed by atoms with Crippen molar-refractivity contribution in [2.75, 3.05) is 0 Å². The van der Waals surface area contributed by atoms with Crippen LogP contribution in [0.2, 0.25) is 0 Å². The smallest absolute Gasteiger partial charge is 1.00 e. The van der Waals surface area contributed by atoms with Gasteiger partial charge in [0.05, 0.1) is 14.9 Å². The molecule has 0 rings (SSSR count). The van der Waals surface area contributed by atoms with Crippen LogP contribution in [0.3, 0.4) is 0 Å². The van der Waals surface area contributed by atoms with E-state index in [0.29, 0.717) is 0 Å². The molecule has 0 heterocycles. The average molecular weight is 163 g/mol. The topological polar surface area (TPSA) is 152 Å². The Labute approximate surface area is 66.2 Å². The number of rotatable bonds is 0. The van der Waals surface area contributed by atoms with Crippen molar-refractivity contribution in [3.63, 3.8) is 0 Å². The van der Waals surface area contributed by atoms with E-state index in [0.717, 1.165) is 0 Å². The zero-order chi connectivity index (χ0) is 4.50. The van der Waals surface area contributed by atoms with Crippen LogP contribution in [-0.4, -0.2) is 38.7 Å². The minimum absolute atomic E-state index is 0. The summed E-state index contributed by atoms with van der Waals surface area (Å²) in [5.41, 5.74) is 0. The Bertz CT molecular complexity index is 31.2. The molecular formula is H7ClMgO6. The molecule has 8 heteroatoms. The molecule has 0 aliphatic heterocycles. The maximum atomic E-state index is 8.60. The Kier molecular flexibility index (Phi) is 22.7. The molecule has 0 radical (unpaired) electrons. The molecule has 0 aromatic heterocycles.